The Hall–Kier alpha value is -1.87. The van der Waals surface area contributed by atoms with E-state index in [0.29, 0.717) is 5.69 Å². The number of hydrogen-bond donors (Lipinski definition) is 2. The number of rotatable bonds is 4. The molecule has 0 atom stereocenters. The summed E-state index contributed by atoms with van der Waals surface area (Å²) in [6.45, 7) is 1.54. The average molecular weight is 317 g/mol. The average Bonchev–Trinajstić information content (AvgIpc) is 2.69. The van der Waals surface area contributed by atoms with Gasteiger partial charge in [-0.05, 0) is 19.1 Å². The van der Waals surface area contributed by atoms with Crippen LogP contribution in [0.25, 0.3) is 0 Å². The summed E-state index contributed by atoms with van der Waals surface area (Å²) in [5.74, 6) is -0.626. The van der Waals surface area contributed by atoms with Crippen LogP contribution in [0.4, 0.5) is 15.2 Å². The molecule has 0 aliphatic heterocycles. The van der Waals surface area contributed by atoms with Crippen molar-refractivity contribution in [2.45, 2.75) is 11.1 Å². The largest absolute Gasteiger partial charge is 0.494 e. The van der Waals surface area contributed by atoms with E-state index in [-0.39, 0.29) is 20.8 Å². The number of nitrogens with one attached hydrogen (secondary N) is 1. The topological polar surface area (TPSA) is 94.3 Å². The first-order valence-electron chi connectivity index (χ1n) is 5.43. The standard InChI is InChI=1S/C11H12FN3O3S2/c1-6-10(19-11(13)14-6)20(16,17)15-7-3-4-9(18-2)8(12)5-7/h3-5,15H,1-2H3,(H2,13,14). The van der Waals surface area contributed by atoms with E-state index >= 15 is 0 Å². The number of nitrogens with two attached hydrogens (primary N) is 1. The number of anilines is 2. The van der Waals surface area contributed by atoms with Crippen LogP contribution in [0.1, 0.15) is 5.69 Å². The van der Waals surface area contributed by atoms with Crippen molar-refractivity contribution < 1.29 is 17.5 Å². The molecule has 0 aliphatic rings. The quantitative estimate of drug-likeness (QED) is 0.899. The number of methoxy groups -OCH3 is 1. The number of benzene rings is 1. The lowest BCUT2D eigenvalue weighted by molar-refractivity contribution is 0.386. The van der Waals surface area contributed by atoms with Crippen molar-refractivity contribution in [1.29, 1.82) is 0 Å². The summed E-state index contributed by atoms with van der Waals surface area (Å²) < 4.78 is 44.9. The highest BCUT2D eigenvalue weighted by Crippen LogP contribution is 2.28. The van der Waals surface area contributed by atoms with Gasteiger partial charge in [-0.15, -0.1) is 0 Å². The van der Waals surface area contributed by atoms with Gasteiger partial charge in [0.1, 0.15) is 0 Å². The number of thiazole rings is 1. The first-order chi connectivity index (χ1) is 9.33. The second-order valence-electron chi connectivity index (χ2n) is 3.88. The van der Waals surface area contributed by atoms with E-state index in [0.717, 1.165) is 17.4 Å². The molecule has 2 aromatic rings. The van der Waals surface area contributed by atoms with E-state index < -0.39 is 15.8 Å². The molecule has 0 saturated carbocycles. The third-order valence-corrected chi connectivity index (χ3v) is 5.40. The Morgan fingerprint density at radius 3 is 2.65 bits per heavy atom. The first kappa shape index (κ1) is 14.5. The second-order valence-corrected chi connectivity index (χ2v) is 6.79. The predicted octanol–water partition coefficient (Wildman–Crippen LogP) is 1.98. The lowest BCUT2D eigenvalue weighted by atomic mass is 10.3. The minimum Gasteiger partial charge on any atom is -0.494 e. The molecule has 0 fully saturated rings. The third kappa shape index (κ3) is 2.83. The number of nitrogens with zero attached hydrogens (tertiary/aromatic N) is 1. The van der Waals surface area contributed by atoms with Gasteiger partial charge in [-0.2, -0.15) is 0 Å². The molecule has 3 N–H and O–H groups in total. The van der Waals surface area contributed by atoms with Crippen LogP contribution in [-0.2, 0) is 10.0 Å². The smallest absolute Gasteiger partial charge is 0.273 e. The van der Waals surface area contributed by atoms with Crippen molar-refractivity contribution in [2.24, 2.45) is 0 Å². The molecule has 0 aliphatic carbocycles. The summed E-state index contributed by atoms with van der Waals surface area (Å²) in [5, 5.41) is 0.156. The molecule has 6 nitrogen and oxygen atoms in total. The molecule has 1 aromatic heterocycles. The highest BCUT2D eigenvalue weighted by molar-refractivity contribution is 7.94. The van der Waals surface area contributed by atoms with Gasteiger partial charge >= 0.3 is 0 Å². The molecule has 9 heteroatoms. The monoisotopic (exact) mass is 317 g/mol. The fourth-order valence-corrected chi connectivity index (χ4v) is 3.93. The van der Waals surface area contributed by atoms with Crippen LogP contribution in [0, 0.1) is 12.7 Å². The van der Waals surface area contributed by atoms with Crippen LogP contribution < -0.4 is 15.2 Å². The van der Waals surface area contributed by atoms with Gasteiger partial charge in [-0.1, -0.05) is 11.3 Å². The molecule has 0 radical (unpaired) electrons. The Bertz CT molecular complexity index is 743. The lowest BCUT2D eigenvalue weighted by Gasteiger charge is -2.08. The zero-order valence-corrected chi connectivity index (χ0v) is 12.3. The number of nitrogen functional groups attached to an aromatic ring is 1. The molecule has 0 saturated heterocycles. The van der Waals surface area contributed by atoms with Crippen molar-refractivity contribution in [3.63, 3.8) is 0 Å². The van der Waals surface area contributed by atoms with Crippen molar-refractivity contribution in [3.8, 4) is 5.75 Å². The SMILES string of the molecule is COc1ccc(NS(=O)(=O)c2sc(N)nc2C)cc1F. The lowest BCUT2D eigenvalue weighted by Crippen LogP contribution is -2.12. The summed E-state index contributed by atoms with van der Waals surface area (Å²) in [7, 11) is -2.52. The molecule has 0 spiro atoms. The summed E-state index contributed by atoms with van der Waals surface area (Å²) in [4.78, 5) is 3.85. The number of ether oxygens (including phenoxy) is 1. The molecule has 0 bridgehead atoms. The Morgan fingerprint density at radius 1 is 1.45 bits per heavy atom. The Balaban J connectivity index is 2.33. The van der Waals surface area contributed by atoms with Gasteiger partial charge in [-0.25, -0.2) is 17.8 Å². The van der Waals surface area contributed by atoms with Gasteiger partial charge in [0, 0.05) is 6.07 Å². The maximum Gasteiger partial charge on any atom is 0.273 e. The summed E-state index contributed by atoms with van der Waals surface area (Å²) in [6, 6.07) is 3.77. The van der Waals surface area contributed by atoms with E-state index in [1.165, 1.54) is 26.2 Å². The van der Waals surface area contributed by atoms with Crippen LogP contribution >= 0.6 is 11.3 Å². The zero-order valence-electron chi connectivity index (χ0n) is 10.7. The van der Waals surface area contributed by atoms with E-state index in [4.69, 9.17) is 10.5 Å². The van der Waals surface area contributed by atoms with Gasteiger partial charge in [0.05, 0.1) is 18.5 Å². The molecule has 1 aromatic carbocycles. The fourth-order valence-electron chi connectivity index (χ4n) is 1.58. The van der Waals surface area contributed by atoms with Crippen molar-refractivity contribution in [2.75, 3.05) is 17.6 Å². The van der Waals surface area contributed by atoms with Crippen LogP contribution in [-0.4, -0.2) is 20.5 Å². The zero-order chi connectivity index (χ0) is 14.9. The van der Waals surface area contributed by atoms with Crippen LogP contribution in [0.2, 0.25) is 0 Å². The molecule has 20 heavy (non-hydrogen) atoms. The second kappa shape index (κ2) is 5.25. The van der Waals surface area contributed by atoms with Crippen molar-refractivity contribution >= 4 is 32.2 Å². The van der Waals surface area contributed by atoms with E-state index in [2.05, 4.69) is 9.71 Å². The van der Waals surface area contributed by atoms with Crippen molar-refractivity contribution in [3.05, 3.63) is 29.7 Å². The molecule has 2 rings (SSSR count). The third-order valence-electron chi connectivity index (χ3n) is 2.42. The van der Waals surface area contributed by atoms with Gasteiger partial charge < -0.3 is 10.5 Å². The number of hydrogen-bond acceptors (Lipinski definition) is 6. The molecule has 108 valence electrons. The minimum atomic E-state index is -3.84. The van der Waals surface area contributed by atoms with Gasteiger partial charge in [0.25, 0.3) is 10.0 Å². The number of sulfonamides is 1. The Kier molecular flexibility index (Phi) is 3.82. The normalized spacial score (nSPS) is 11.3. The number of halogens is 1. The fraction of sp³-hybridized carbons (Fsp3) is 0.182. The highest BCUT2D eigenvalue weighted by Gasteiger charge is 2.21. The summed E-state index contributed by atoms with van der Waals surface area (Å²) in [6.07, 6.45) is 0. The van der Waals surface area contributed by atoms with Crippen LogP contribution in [0.15, 0.2) is 22.4 Å². The molecule has 0 amide bonds. The van der Waals surface area contributed by atoms with Crippen LogP contribution in [0.3, 0.4) is 0 Å². The van der Waals surface area contributed by atoms with Gasteiger partial charge in [0.2, 0.25) is 0 Å². The number of aryl methyl sites for hydroxylation is 1. The minimum absolute atomic E-state index is 0.00577. The van der Waals surface area contributed by atoms with E-state index in [1.807, 2.05) is 0 Å². The van der Waals surface area contributed by atoms with Gasteiger partial charge in [-0.3, -0.25) is 4.72 Å². The molecule has 1 heterocycles. The highest BCUT2D eigenvalue weighted by atomic mass is 32.2. The van der Waals surface area contributed by atoms with E-state index in [1.54, 1.807) is 0 Å². The predicted molar refractivity (Wildman–Crippen MR) is 75.0 cm³/mol. The Labute approximate surface area is 119 Å². The van der Waals surface area contributed by atoms with E-state index in [9.17, 15) is 12.8 Å². The molecule has 0 unspecified atom stereocenters. The van der Waals surface area contributed by atoms with Gasteiger partial charge in [0.15, 0.2) is 20.9 Å². The molecular weight excluding hydrogens is 305 g/mol. The summed E-state index contributed by atoms with van der Waals surface area (Å²) >= 11 is 0.850. The maximum atomic E-state index is 13.5. The summed E-state index contributed by atoms with van der Waals surface area (Å²) in [5.41, 5.74) is 5.86. The number of aromatic nitrogens is 1. The molecular formula is C11H12FN3O3S2. The maximum absolute atomic E-state index is 13.5. The van der Waals surface area contributed by atoms with Crippen LogP contribution in [0.5, 0.6) is 5.75 Å². The van der Waals surface area contributed by atoms with Crippen molar-refractivity contribution in [1.82, 2.24) is 4.98 Å². The Morgan fingerprint density at radius 2 is 2.15 bits per heavy atom. The first-order valence-corrected chi connectivity index (χ1v) is 7.72.